The summed E-state index contributed by atoms with van der Waals surface area (Å²) in [5, 5.41) is 0.575. The number of halogens is 1. The van der Waals surface area contributed by atoms with Crippen molar-refractivity contribution in [3.05, 3.63) is 81.6 Å². The molecule has 28 heavy (non-hydrogen) atoms. The van der Waals surface area contributed by atoms with Gasteiger partial charge < -0.3 is 9.47 Å². The van der Waals surface area contributed by atoms with E-state index in [0.29, 0.717) is 28.6 Å². The van der Waals surface area contributed by atoms with Crippen molar-refractivity contribution in [1.82, 2.24) is 4.98 Å². The van der Waals surface area contributed by atoms with Crippen molar-refractivity contribution < 1.29 is 14.3 Å². The van der Waals surface area contributed by atoms with E-state index in [2.05, 4.69) is 4.98 Å². The van der Waals surface area contributed by atoms with Gasteiger partial charge in [-0.05, 0) is 44.5 Å². The second-order valence-electron chi connectivity index (χ2n) is 6.82. The van der Waals surface area contributed by atoms with Crippen LogP contribution >= 0.6 is 11.6 Å². The van der Waals surface area contributed by atoms with Crippen LogP contribution in [0.5, 0.6) is 5.75 Å². The molecule has 1 unspecified atom stereocenters. The van der Waals surface area contributed by atoms with Crippen molar-refractivity contribution in [3.8, 4) is 16.9 Å². The summed E-state index contributed by atoms with van der Waals surface area (Å²) in [5.74, 6) is 0.290. The van der Waals surface area contributed by atoms with Gasteiger partial charge in [0.15, 0.2) is 6.10 Å². The van der Waals surface area contributed by atoms with Gasteiger partial charge in [0.2, 0.25) is 0 Å². The number of carbonyl (C=O) groups excluding carboxylic acids is 1. The first-order valence-electron chi connectivity index (χ1n) is 9.19. The minimum atomic E-state index is -0.389. The predicted octanol–water partition coefficient (Wildman–Crippen LogP) is 5.68. The summed E-state index contributed by atoms with van der Waals surface area (Å²) in [7, 11) is 0. The minimum absolute atomic E-state index is 0.294. The quantitative estimate of drug-likeness (QED) is 0.537. The molecule has 0 saturated heterocycles. The number of fused-ring (bicyclic) bond motifs is 3. The molecule has 0 radical (unpaired) electrons. The largest absolute Gasteiger partial charge is 0.480 e. The van der Waals surface area contributed by atoms with Gasteiger partial charge in [0, 0.05) is 27.9 Å². The van der Waals surface area contributed by atoms with Crippen molar-refractivity contribution in [2.45, 2.75) is 26.9 Å². The summed E-state index contributed by atoms with van der Waals surface area (Å²) in [6, 6.07) is 13.6. The Hall–Kier alpha value is -2.85. The van der Waals surface area contributed by atoms with Gasteiger partial charge in [0.1, 0.15) is 5.75 Å². The minimum Gasteiger partial charge on any atom is -0.480 e. The molecule has 1 atom stereocenters. The van der Waals surface area contributed by atoms with Gasteiger partial charge in [0.05, 0.1) is 17.9 Å². The molecule has 0 spiro atoms. The van der Waals surface area contributed by atoms with Crippen LogP contribution in [0.2, 0.25) is 5.02 Å². The Balaban J connectivity index is 1.99. The first kappa shape index (κ1) is 18.5. The van der Waals surface area contributed by atoms with E-state index >= 15 is 0 Å². The molecule has 4 nitrogen and oxygen atoms in total. The highest BCUT2D eigenvalue weighted by Gasteiger charge is 2.33. The Bertz CT molecular complexity index is 1060. The van der Waals surface area contributed by atoms with Crippen molar-refractivity contribution in [2.24, 2.45) is 0 Å². The van der Waals surface area contributed by atoms with Crippen LogP contribution in [0.3, 0.4) is 0 Å². The van der Waals surface area contributed by atoms with Crippen molar-refractivity contribution in [1.29, 1.82) is 0 Å². The van der Waals surface area contributed by atoms with Crippen LogP contribution in [0, 0.1) is 13.8 Å². The summed E-state index contributed by atoms with van der Waals surface area (Å²) in [6.07, 6.45) is 1.41. The Morgan fingerprint density at radius 3 is 2.64 bits per heavy atom. The van der Waals surface area contributed by atoms with E-state index in [-0.39, 0.29) is 12.1 Å². The average Bonchev–Trinajstić information content (AvgIpc) is 2.68. The molecule has 2 heterocycles. The number of rotatable bonds is 3. The Kier molecular flexibility index (Phi) is 4.82. The molecule has 1 aliphatic heterocycles. The van der Waals surface area contributed by atoms with E-state index < -0.39 is 0 Å². The zero-order chi connectivity index (χ0) is 19.8. The lowest BCUT2D eigenvalue weighted by molar-refractivity contribution is 0.0525. The highest BCUT2D eigenvalue weighted by Crippen LogP contribution is 2.47. The molecule has 5 heteroatoms. The van der Waals surface area contributed by atoms with Crippen LogP contribution in [-0.2, 0) is 4.74 Å². The van der Waals surface area contributed by atoms with Gasteiger partial charge >= 0.3 is 5.97 Å². The first-order chi connectivity index (χ1) is 13.5. The molecule has 1 aliphatic rings. The van der Waals surface area contributed by atoms with E-state index in [4.69, 9.17) is 21.1 Å². The molecule has 142 valence electrons. The maximum atomic E-state index is 12.8. The summed E-state index contributed by atoms with van der Waals surface area (Å²) >= 11 is 6.26. The van der Waals surface area contributed by atoms with E-state index in [1.165, 1.54) is 5.56 Å². The number of esters is 1. The average molecular weight is 394 g/mol. The molecular weight excluding hydrogens is 374 g/mol. The molecule has 0 fully saturated rings. The van der Waals surface area contributed by atoms with Gasteiger partial charge in [-0.15, -0.1) is 0 Å². The first-order valence-corrected chi connectivity index (χ1v) is 9.57. The summed E-state index contributed by atoms with van der Waals surface area (Å²) in [4.78, 5) is 17.3. The Morgan fingerprint density at radius 2 is 1.93 bits per heavy atom. The van der Waals surface area contributed by atoms with Gasteiger partial charge in [-0.1, -0.05) is 41.4 Å². The van der Waals surface area contributed by atoms with Gasteiger partial charge in [-0.3, -0.25) is 4.98 Å². The second-order valence-corrected chi connectivity index (χ2v) is 7.25. The fourth-order valence-corrected chi connectivity index (χ4v) is 3.71. The molecule has 0 N–H and O–H groups in total. The van der Waals surface area contributed by atoms with E-state index in [1.54, 1.807) is 19.2 Å². The standard InChI is InChI=1S/C23H20ClNO3/c1-4-27-23(26)20-14(3)25-12-18-21(20)17-11-16(24)9-10-19(17)28-22(18)15-7-5-13(2)6-8-15/h5-12,22H,4H2,1-3H3. The van der Waals surface area contributed by atoms with E-state index in [9.17, 15) is 4.79 Å². The topological polar surface area (TPSA) is 48.4 Å². The van der Waals surface area contributed by atoms with Crippen molar-refractivity contribution >= 4 is 17.6 Å². The molecular formula is C23H20ClNO3. The zero-order valence-corrected chi connectivity index (χ0v) is 16.7. The molecule has 0 amide bonds. The number of aryl methyl sites for hydroxylation is 2. The second kappa shape index (κ2) is 7.28. The SMILES string of the molecule is CCOC(=O)c1c(C)ncc2c1-c1cc(Cl)ccc1OC2c1ccc(C)cc1. The third-order valence-electron chi connectivity index (χ3n) is 4.90. The maximum absolute atomic E-state index is 12.8. The normalized spacial score (nSPS) is 14.6. The smallest absolute Gasteiger partial charge is 0.340 e. The van der Waals surface area contributed by atoms with Crippen molar-refractivity contribution in [3.63, 3.8) is 0 Å². The van der Waals surface area contributed by atoms with Crippen LogP contribution in [0.1, 0.15) is 45.8 Å². The number of aromatic nitrogens is 1. The lowest BCUT2D eigenvalue weighted by Gasteiger charge is -2.30. The molecule has 0 saturated carbocycles. The molecule has 1 aromatic heterocycles. The Morgan fingerprint density at radius 1 is 1.18 bits per heavy atom. The van der Waals surface area contributed by atoms with Gasteiger partial charge in [-0.25, -0.2) is 4.79 Å². The number of hydrogen-bond donors (Lipinski definition) is 0. The summed E-state index contributed by atoms with van der Waals surface area (Å²) < 4.78 is 11.6. The monoisotopic (exact) mass is 393 g/mol. The van der Waals surface area contributed by atoms with Crippen LogP contribution in [-0.4, -0.2) is 17.6 Å². The third kappa shape index (κ3) is 3.14. The fraction of sp³-hybridized carbons (Fsp3) is 0.217. The third-order valence-corrected chi connectivity index (χ3v) is 5.13. The fourth-order valence-electron chi connectivity index (χ4n) is 3.54. The maximum Gasteiger partial charge on any atom is 0.340 e. The number of benzene rings is 2. The Labute approximate surface area is 169 Å². The highest BCUT2D eigenvalue weighted by atomic mass is 35.5. The van der Waals surface area contributed by atoms with E-state index in [0.717, 1.165) is 22.3 Å². The molecule has 0 bridgehead atoms. The van der Waals surface area contributed by atoms with Crippen LogP contribution in [0.25, 0.3) is 11.1 Å². The van der Waals surface area contributed by atoms with E-state index in [1.807, 2.05) is 50.2 Å². The van der Waals surface area contributed by atoms with Crippen LogP contribution < -0.4 is 4.74 Å². The van der Waals surface area contributed by atoms with Crippen molar-refractivity contribution in [2.75, 3.05) is 6.61 Å². The predicted molar refractivity (Wildman–Crippen MR) is 109 cm³/mol. The molecule has 0 aliphatic carbocycles. The lowest BCUT2D eigenvalue weighted by atomic mass is 9.87. The highest BCUT2D eigenvalue weighted by molar-refractivity contribution is 6.31. The van der Waals surface area contributed by atoms with Crippen LogP contribution in [0.15, 0.2) is 48.7 Å². The van der Waals surface area contributed by atoms with Crippen LogP contribution in [0.4, 0.5) is 0 Å². The molecule has 2 aromatic carbocycles. The summed E-state index contributed by atoms with van der Waals surface area (Å²) in [5.41, 5.74) is 5.62. The van der Waals surface area contributed by atoms with Gasteiger partial charge in [0.25, 0.3) is 0 Å². The molecule has 3 aromatic rings. The number of carbonyl (C=O) groups is 1. The lowest BCUT2D eigenvalue weighted by Crippen LogP contribution is -2.20. The number of ether oxygens (including phenoxy) is 2. The number of pyridine rings is 1. The number of hydrogen-bond acceptors (Lipinski definition) is 4. The zero-order valence-electron chi connectivity index (χ0n) is 16.0. The molecule has 4 rings (SSSR count). The summed E-state index contributed by atoms with van der Waals surface area (Å²) in [6.45, 7) is 5.94. The number of nitrogens with zero attached hydrogens (tertiary/aromatic N) is 1. The van der Waals surface area contributed by atoms with Gasteiger partial charge in [-0.2, -0.15) is 0 Å².